The van der Waals surface area contributed by atoms with Crippen molar-refractivity contribution in [2.45, 2.75) is 13.8 Å². The van der Waals surface area contributed by atoms with Crippen LogP contribution in [0, 0.1) is 24.0 Å². The first-order valence-corrected chi connectivity index (χ1v) is 7.33. The maximum absolute atomic E-state index is 12.0. The van der Waals surface area contributed by atoms with Gasteiger partial charge in [0.2, 0.25) is 0 Å². The summed E-state index contributed by atoms with van der Waals surface area (Å²) in [5.41, 5.74) is 0.650. The number of amides is 1. The number of nitro groups is 1. The van der Waals surface area contributed by atoms with Gasteiger partial charge >= 0.3 is 11.0 Å². The Labute approximate surface area is 127 Å². The first-order chi connectivity index (χ1) is 9.81. The van der Waals surface area contributed by atoms with E-state index in [2.05, 4.69) is 5.32 Å². The van der Waals surface area contributed by atoms with Gasteiger partial charge < -0.3 is 10.4 Å². The van der Waals surface area contributed by atoms with Crippen molar-refractivity contribution < 1.29 is 19.6 Å². The molecule has 2 heterocycles. The van der Waals surface area contributed by atoms with Crippen molar-refractivity contribution in [1.82, 2.24) is 0 Å². The van der Waals surface area contributed by atoms with Gasteiger partial charge in [0.15, 0.2) is 0 Å². The van der Waals surface area contributed by atoms with Gasteiger partial charge in [0.05, 0.1) is 15.4 Å². The van der Waals surface area contributed by atoms with E-state index in [9.17, 15) is 24.8 Å². The van der Waals surface area contributed by atoms with Crippen LogP contribution in [-0.4, -0.2) is 21.9 Å². The molecule has 7 nitrogen and oxygen atoms in total. The van der Waals surface area contributed by atoms with E-state index in [1.54, 1.807) is 13.8 Å². The van der Waals surface area contributed by atoms with Crippen molar-refractivity contribution >= 4 is 44.6 Å². The molecule has 2 aromatic rings. The van der Waals surface area contributed by atoms with E-state index in [1.165, 1.54) is 12.1 Å². The highest BCUT2D eigenvalue weighted by atomic mass is 32.1. The highest BCUT2D eigenvalue weighted by Gasteiger charge is 2.22. The van der Waals surface area contributed by atoms with Crippen LogP contribution >= 0.6 is 22.7 Å². The minimum absolute atomic E-state index is 0.0527. The maximum Gasteiger partial charge on any atom is 0.338 e. The third-order valence-electron chi connectivity index (χ3n) is 2.82. The number of thiophene rings is 2. The molecular weight excluding hydrogens is 316 g/mol. The summed E-state index contributed by atoms with van der Waals surface area (Å²) in [4.78, 5) is 34.2. The lowest BCUT2D eigenvalue weighted by Crippen LogP contribution is -2.12. The molecule has 9 heteroatoms. The normalized spacial score (nSPS) is 10.4. The van der Waals surface area contributed by atoms with Crippen LogP contribution in [0.4, 0.5) is 10.0 Å². The molecule has 0 saturated carbocycles. The Morgan fingerprint density at radius 2 is 1.95 bits per heavy atom. The van der Waals surface area contributed by atoms with E-state index in [4.69, 9.17) is 0 Å². The summed E-state index contributed by atoms with van der Waals surface area (Å²) in [7, 11) is 0. The fourth-order valence-corrected chi connectivity index (χ4v) is 3.45. The second-order valence-electron chi connectivity index (χ2n) is 4.14. The molecule has 0 radical (unpaired) electrons. The topological polar surface area (TPSA) is 110 Å². The van der Waals surface area contributed by atoms with Gasteiger partial charge in [-0.1, -0.05) is 11.3 Å². The molecule has 0 fully saturated rings. The molecular formula is C12H10N2O5S2. The lowest BCUT2D eigenvalue weighted by molar-refractivity contribution is -0.380. The number of hydrogen-bond donors (Lipinski definition) is 2. The molecule has 21 heavy (non-hydrogen) atoms. The Hall–Kier alpha value is -2.26. The van der Waals surface area contributed by atoms with Gasteiger partial charge in [0.1, 0.15) is 5.00 Å². The molecule has 0 aromatic carbocycles. The standard InChI is InChI=1S/C12H10N2O5S2/c1-5-6(2)20-11(9(5)12(16)17)13-10(15)7-3-4-8(21-7)14(18)19/h3-4H,1-2H3,(H,13,15)(H,16,17). The lowest BCUT2D eigenvalue weighted by Gasteiger charge is -2.02. The zero-order chi connectivity index (χ0) is 15.7. The van der Waals surface area contributed by atoms with E-state index in [1.807, 2.05) is 0 Å². The summed E-state index contributed by atoms with van der Waals surface area (Å²) in [6, 6.07) is 2.58. The fourth-order valence-electron chi connectivity index (χ4n) is 1.69. The molecule has 2 N–H and O–H groups in total. The van der Waals surface area contributed by atoms with Crippen molar-refractivity contribution in [1.29, 1.82) is 0 Å². The molecule has 0 aliphatic heterocycles. The zero-order valence-corrected chi connectivity index (χ0v) is 12.6. The second kappa shape index (κ2) is 5.62. The van der Waals surface area contributed by atoms with Gasteiger partial charge in [0, 0.05) is 10.9 Å². The van der Waals surface area contributed by atoms with Crippen LogP contribution in [0.1, 0.15) is 30.5 Å². The number of carbonyl (C=O) groups is 2. The van der Waals surface area contributed by atoms with E-state index in [-0.39, 0.29) is 20.4 Å². The molecule has 1 amide bonds. The van der Waals surface area contributed by atoms with Crippen LogP contribution < -0.4 is 5.32 Å². The summed E-state index contributed by atoms with van der Waals surface area (Å²) < 4.78 is 0. The summed E-state index contributed by atoms with van der Waals surface area (Å²) >= 11 is 1.90. The molecule has 0 atom stereocenters. The number of hydrogen-bond acceptors (Lipinski definition) is 6. The van der Waals surface area contributed by atoms with Crippen molar-refractivity contribution in [3.63, 3.8) is 0 Å². The Kier molecular flexibility index (Phi) is 4.05. The fraction of sp³-hybridized carbons (Fsp3) is 0.167. The van der Waals surface area contributed by atoms with Crippen LogP contribution in [0.3, 0.4) is 0 Å². The lowest BCUT2D eigenvalue weighted by atomic mass is 10.1. The van der Waals surface area contributed by atoms with Gasteiger partial charge in [-0.3, -0.25) is 14.9 Å². The third-order valence-corrected chi connectivity index (χ3v) is 4.98. The van der Waals surface area contributed by atoms with E-state index in [0.717, 1.165) is 27.6 Å². The first-order valence-electron chi connectivity index (χ1n) is 5.70. The molecule has 0 unspecified atom stereocenters. The van der Waals surface area contributed by atoms with Crippen molar-refractivity contribution in [2.24, 2.45) is 0 Å². The van der Waals surface area contributed by atoms with E-state index in [0.29, 0.717) is 5.56 Å². The largest absolute Gasteiger partial charge is 0.478 e. The van der Waals surface area contributed by atoms with Crippen molar-refractivity contribution in [2.75, 3.05) is 5.32 Å². The minimum atomic E-state index is -1.12. The number of carboxylic acids is 1. The third kappa shape index (κ3) is 2.93. The smallest absolute Gasteiger partial charge is 0.338 e. The van der Waals surface area contributed by atoms with E-state index >= 15 is 0 Å². The van der Waals surface area contributed by atoms with Crippen molar-refractivity contribution in [3.05, 3.63) is 43.1 Å². The van der Waals surface area contributed by atoms with Crippen molar-refractivity contribution in [3.8, 4) is 0 Å². The maximum atomic E-state index is 12.0. The predicted molar refractivity (Wildman–Crippen MR) is 79.7 cm³/mol. The average Bonchev–Trinajstić information content (AvgIpc) is 2.96. The number of carboxylic acid groups (broad SMARTS) is 1. The number of rotatable bonds is 4. The molecule has 110 valence electrons. The Balaban J connectivity index is 2.29. The Morgan fingerprint density at radius 3 is 2.48 bits per heavy atom. The molecule has 0 aliphatic carbocycles. The van der Waals surface area contributed by atoms with Crippen LogP contribution in [-0.2, 0) is 0 Å². The van der Waals surface area contributed by atoms with Gasteiger partial charge in [0.25, 0.3) is 5.91 Å². The monoisotopic (exact) mass is 326 g/mol. The summed E-state index contributed by atoms with van der Waals surface area (Å²) in [5.74, 6) is -1.68. The number of aryl methyl sites for hydroxylation is 1. The zero-order valence-electron chi connectivity index (χ0n) is 11.0. The molecule has 0 aliphatic rings. The number of carbonyl (C=O) groups excluding carboxylic acids is 1. The average molecular weight is 326 g/mol. The Morgan fingerprint density at radius 1 is 1.29 bits per heavy atom. The highest BCUT2D eigenvalue weighted by Crippen LogP contribution is 2.33. The molecule has 0 saturated heterocycles. The van der Waals surface area contributed by atoms with Crippen LogP contribution in [0.15, 0.2) is 12.1 Å². The molecule has 0 spiro atoms. The summed E-state index contributed by atoms with van der Waals surface area (Å²) in [6.07, 6.45) is 0. The number of nitrogens with one attached hydrogen (secondary N) is 1. The SMILES string of the molecule is Cc1sc(NC(=O)c2ccc([N+](=O)[O-])s2)c(C(=O)O)c1C. The number of aromatic carboxylic acids is 1. The molecule has 2 rings (SSSR count). The number of anilines is 1. The van der Waals surface area contributed by atoms with E-state index < -0.39 is 16.8 Å². The van der Waals surface area contributed by atoms with Gasteiger partial charge in [-0.15, -0.1) is 11.3 Å². The Bertz CT molecular complexity index is 747. The summed E-state index contributed by atoms with van der Waals surface area (Å²) in [5, 5.41) is 22.4. The quantitative estimate of drug-likeness (QED) is 0.662. The molecule has 2 aromatic heterocycles. The van der Waals surface area contributed by atoms with Crippen LogP contribution in [0.2, 0.25) is 0 Å². The first kappa shape index (κ1) is 15.1. The second-order valence-corrected chi connectivity index (χ2v) is 6.43. The summed E-state index contributed by atoms with van der Waals surface area (Å²) in [6.45, 7) is 3.43. The minimum Gasteiger partial charge on any atom is -0.478 e. The van der Waals surface area contributed by atoms with Crippen LogP contribution in [0.25, 0.3) is 0 Å². The van der Waals surface area contributed by atoms with Crippen LogP contribution in [0.5, 0.6) is 0 Å². The number of nitrogens with zero attached hydrogens (tertiary/aromatic N) is 1. The predicted octanol–water partition coefficient (Wildman–Crippen LogP) is 3.29. The van der Waals surface area contributed by atoms with Gasteiger partial charge in [-0.25, -0.2) is 4.79 Å². The highest BCUT2D eigenvalue weighted by molar-refractivity contribution is 7.18. The van der Waals surface area contributed by atoms with Gasteiger partial charge in [-0.2, -0.15) is 0 Å². The molecule has 0 bridgehead atoms. The van der Waals surface area contributed by atoms with Gasteiger partial charge in [-0.05, 0) is 25.5 Å².